The van der Waals surface area contributed by atoms with Crippen LogP contribution in [0.1, 0.15) is 57.4 Å². The van der Waals surface area contributed by atoms with E-state index in [9.17, 15) is 9.59 Å². The molecule has 1 aliphatic carbocycles. The highest BCUT2D eigenvalue weighted by Crippen LogP contribution is 2.37. The van der Waals surface area contributed by atoms with E-state index in [2.05, 4.69) is 28.2 Å². The van der Waals surface area contributed by atoms with Crippen molar-refractivity contribution in [2.24, 2.45) is 11.8 Å². The van der Waals surface area contributed by atoms with Gasteiger partial charge in [-0.2, -0.15) is 0 Å². The van der Waals surface area contributed by atoms with Gasteiger partial charge in [0.05, 0.1) is 12.2 Å². The number of carbonyl (C=O) groups excluding carboxylic acids is 2. The summed E-state index contributed by atoms with van der Waals surface area (Å²) < 4.78 is 6.63. The summed E-state index contributed by atoms with van der Waals surface area (Å²) in [6.07, 6.45) is 8.03. The monoisotopic (exact) mass is 498 g/mol. The predicted molar refractivity (Wildman–Crippen MR) is 131 cm³/mol. The van der Waals surface area contributed by atoms with E-state index < -0.39 is 0 Å². The molecule has 0 radical (unpaired) electrons. The molecule has 1 aliphatic heterocycles. The van der Waals surface area contributed by atoms with Gasteiger partial charge in [-0.25, -0.2) is 0 Å². The first-order valence-corrected chi connectivity index (χ1v) is 12.5. The molecular formula is C26H31BrN2O3. The van der Waals surface area contributed by atoms with E-state index in [1.54, 1.807) is 4.90 Å². The van der Waals surface area contributed by atoms with Gasteiger partial charge in [0.15, 0.2) is 6.61 Å². The second kappa shape index (κ2) is 10.5. The molecule has 0 bridgehead atoms. The predicted octanol–water partition coefficient (Wildman–Crippen LogP) is 6.31. The molecule has 1 N–H and O–H groups in total. The zero-order chi connectivity index (χ0) is 22.5. The fourth-order valence-corrected chi connectivity index (χ4v) is 4.94. The number of ether oxygens (including phenoxy) is 1. The SMILES string of the molecule is CCCCC1CCC(C(=O)Nc2ccc3c(c2)N(Cc2ccc(Br)cc2)C(=O)CO3)CC1. The van der Waals surface area contributed by atoms with Crippen molar-refractivity contribution >= 4 is 39.1 Å². The number of fused-ring (bicyclic) bond motifs is 1. The number of halogens is 1. The van der Waals surface area contributed by atoms with Gasteiger partial charge in [0.1, 0.15) is 5.75 Å². The maximum Gasteiger partial charge on any atom is 0.265 e. The third kappa shape index (κ3) is 5.52. The number of hydrogen-bond acceptors (Lipinski definition) is 3. The minimum absolute atomic E-state index is 0.0243. The van der Waals surface area contributed by atoms with Gasteiger partial charge in [-0.05, 0) is 67.5 Å². The number of unbranched alkanes of at least 4 members (excludes halogenated alkanes) is 1. The van der Waals surface area contributed by atoms with Crippen LogP contribution >= 0.6 is 15.9 Å². The van der Waals surface area contributed by atoms with Gasteiger partial charge in [0, 0.05) is 16.1 Å². The van der Waals surface area contributed by atoms with Crippen molar-refractivity contribution in [3.05, 3.63) is 52.5 Å². The summed E-state index contributed by atoms with van der Waals surface area (Å²) in [7, 11) is 0. The molecule has 4 rings (SSSR count). The van der Waals surface area contributed by atoms with Crippen molar-refractivity contribution < 1.29 is 14.3 Å². The van der Waals surface area contributed by atoms with E-state index in [1.807, 2.05) is 42.5 Å². The number of nitrogens with one attached hydrogen (secondary N) is 1. The van der Waals surface area contributed by atoms with Crippen molar-refractivity contribution in [1.29, 1.82) is 0 Å². The van der Waals surface area contributed by atoms with E-state index in [4.69, 9.17) is 4.74 Å². The lowest BCUT2D eigenvalue weighted by atomic mass is 9.79. The van der Waals surface area contributed by atoms with Gasteiger partial charge < -0.3 is 15.0 Å². The molecule has 2 aromatic rings. The molecule has 0 spiro atoms. The van der Waals surface area contributed by atoms with Crippen LogP contribution in [0, 0.1) is 11.8 Å². The number of hydrogen-bond donors (Lipinski definition) is 1. The smallest absolute Gasteiger partial charge is 0.265 e. The van der Waals surface area contributed by atoms with Crippen LogP contribution in [-0.2, 0) is 16.1 Å². The van der Waals surface area contributed by atoms with Crippen molar-refractivity contribution in [3.63, 3.8) is 0 Å². The second-order valence-corrected chi connectivity index (χ2v) is 9.84. The van der Waals surface area contributed by atoms with Crippen LogP contribution in [0.15, 0.2) is 46.9 Å². The van der Waals surface area contributed by atoms with Gasteiger partial charge in [-0.15, -0.1) is 0 Å². The van der Waals surface area contributed by atoms with Crippen molar-refractivity contribution in [1.82, 2.24) is 0 Å². The van der Waals surface area contributed by atoms with Crippen LogP contribution in [0.3, 0.4) is 0 Å². The third-order valence-corrected chi connectivity index (χ3v) is 7.14. The average Bonchev–Trinajstić information content (AvgIpc) is 2.81. The molecule has 1 saturated carbocycles. The summed E-state index contributed by atoms with van der Waals surface area (Å²) >= 11 is 3.45. The Bertz CT molecular complexity index is 952. The Hall–Kier alpha value is -2.34. The van der Waals surface area contributed by atoms with Crippen LogP contribution in [-0.4, -0.2) is 18.4 Å². The minimum atomic E-state index is -0.0886. The van der Waals surface area contributed by atoms with Crippen LogP contribution in [0.25, 0.3) is 0 Å². The van der Waals surface area contributed by atoms with E-state index in [0.29, 0.717) is 23.7 Å². The molecule has 32 heavy (non-hydrogen) atoms. The molecule has 0 aromatic heterocycles. The van der Waals surface area contributed by atoms with Gasteiger partial charge in [-0.1, -0.05) is 54.2 Å². The molecule has 2 aliphatic rings. The largest absolute Gasteiger partial charge is 0.482 e. The maximum atomic E-state index is 12.9. The highest BCUT2D eigenvalue weighted by Gasteiger charge is 2.28. The van der Waals surface area contributed by atoms with Gasteiger partial charge >= 0.3 is 0 Å². The maximum absolute atomic E-state index is 12.9. The number of amides is 2. The first-order chi connectivity index (χ1) is 15.5. The summed E-state index contributed by atoms with van der Waals surface area (Å²) in [5, 5.41) is 3.09. The lowest BCUT2D eigenvalue weighted by Crippen LogP contribution is -2.38. The lowest BCUT2D eigenvalue weighted by molar-refractivity contribution is -0.121. The number of nitrogens with zero attached hydrogens (tertiary/aromatic N) is 1. The minimum Gasteiger partial charge on any atom is -0.482 e. The van der Waals surface area contributed by atoms with E-state index in [-0.39, 0.29) is 24.3 Å². The summed E-state index contributed by atoms with van der Waals surface area (Å²) in [5.74, 6) is 1.51. The van der Waals surface area contributed by atoms with Gasteiger partial charge in [0.25, 0.3) is 5.91 Å². The first kappa shape index (κ1) is 22.8. The first-order valence-electron chi connectivity index (χ1n) is 11.7. The van der Waals surface area contributed by atoms with Gasteiger partial charge in [-0.3, -0.25) is 9.59 Å². The molecule has 170 valence electrons. The average molecular weight is 499 g/mol. The number of carbonyl (C=O) groups is 2. The summed E-state index contributed by atoms with van der Waals surface area (Å²) in [4.78, 5) is 27.2. The molecule has 1 fully saturated rings. The molecule has 6 heteroatoms. The van der Waals surface area contributed by atoms with Crippen LogP contribution in [0.5, 0.6) is 5.75 Å². The lowest BCUT2D eigenvalue weighted by Gasteiger charge is -2.30. The zero-order valence-corrected chi connectivity index (χ0v) is 20.2. The highest BCUT2D eigenvalue weighted by atomic mass is 79.9. The molecule has 1 heterocycles. The van der Waals surface area contributed by atoms with E-state index >= 15 is 0 Å². The Labute approximate surface area is 198 Å². The molecule has 0 atom stereocenters. The zero-order valence-electron chi connectivity index (χ0n) is 18.6. The fourth-order valence-electron chi connectivity index (χ4n) is 4.68. The summed E-state index contributed by atoms with van der Waals surface area (Å²) in [5.41, 5.74) is 2.44. The van der Waals surface area contributed by atoms with E-state index in [1.165, 1.54) is 19.3 Å². The topological polar surface area (TPSA) is 58.6 Å². The Kier molecular flexibility index (Phi) is 7.51. The quantitative estimate of drug-likeness (QED) is 0.486. The molecule has 2 amide bonds. The van der Waals surface area contributed by atoms with Crippen molar-refractivity contribution in [2.45, 2.75) is 58.4 Å². The summed E-state index contributed by atoms with van der Waals surface area (Å²) in [6, 6.07) is 13.5. The molecule has 0 saturated heterocycles. The standard InChI is InChI=1S/C26H31BrN2O3/c1-2-3-4-18-5-9-20(10-6-18)26(31)28-22-13-14-24-23(15-22)29(25(30)17-32-24)16-19-7-11-21(27)12-8-19/h7-8,11-15,18,20H,2-6,9-10,16-17H2,1H3,(H,28,31). The summed E-state index contributed by atoms with van der Waals surface area (Å²) in [6.45, 7) is 2.72. The Morgan fingerprint density at radius 3 is 2.59 bits per heavy atom. The van der Waals surface area contributed by atoms with Gasteiger partial charge in [0.2, 0.25) is 5.91 Å². The fraction of sp³-hybridized carbons (Fsp3) is 0.462. The van der Waals surface area contributed by atoms with Crippen LogP contribution in [0.4, 0.5) is 11.4 Å². The molecule has 0 unspecified atom stereocenters. The molecule has 2 aromatic carbocycles. The van der Waals surface area contributed by atoms with Crippen molar-refractivity contribution in [3.8, 4) is 5.75 Å². The Morgan fingerprint density at radius 2 is 1.88 bits per heavy atom. The normalized spacial score (nSPS) is 20.4. The Morgan fingerprint density at radius 1 is 1.12 bits per heavy atom. The molecule has 5 nitrogen and oxygen atoms in total. The third-order valence-electron chi connectivity index (χ3n) is 6.61. The highest BCUT2D eigenvalue weighted by molar-refractivity contribution is 9.10. The van der Waals surface area contributed by atoms with Crippen LogP contribution in [0.2, 0.25) is 0 Å². The second-order valence-electron chi connectivity index (χ2n) is 8.93. The van der Waals surface area contributed by atoms with Crippen LogP contribution < -0.4 is 15.0 Å². The van der Waals surface area contributed by atoms with E-state index in [0.717, 1.165) is 41.6 Å². The number of benzene rings is 2. The van der Waals surface area contributed by atoms with Crippen molar-refractivity contribution in [2.75, 3.05) is 16.8 Å². The number of rotatable bonds is 7. The number of anilines is 2. The molecular weight excluding hydrogens is 468 g/mol. The Balaban J connectivity index is 1.43.